The molecule has 1 aliphatic heterocycles. The zero-order valence-corrected chi connectivity index (χ0v) is 17.0. The van der Waals surface area contributed by atoms with Gasteiger partial charge < -0.3 is 24.6 Å². The Balaban J connectivity index is 1.53. The van der Waals surface area contributed by atoms with Crippen LogP contribution in [0, 0.1) is 0 Å². The number of nitrogens with zero attached hydrogens (tertiary/aromatic N) is 1. The Morgan fingerprint density at radius 1 is 1.24 bits per heavy atom. The maximum atomic E-state index is 11.9. The van der Waals surface area contributed by atoms with Crippen molar-refractivity contribution in [3.63, 3.8) is 0 Å². The highest BCUT2D eigenvalue weighted by Gasteiger charge is 2.15. The van der Waals surface area contributed by atoms with E-state index in [-0.39, 0.29) is 24.8 Å². The van der Waals surface area contributed by atoms with E-state index in [2.05, 4.69) is 31.8 Å². The molecule has 10 heteroatoms. The maximum absolute atomic E-state index is 11.9. The predicted molar refractivity (Wildman–Crippen MR) is 107 cm³/mol. The third-order valence-corrected chi connectivity index (χ3v) is 4.43. The number of amides is 2. The molecule has 29 heavy (non-hydrogen) atoms. The van der Waals surface area contributed by atoms with Crippen LogP contribution in [0.3, 0.4) is 0 Å². The minimum atomic E-state index is -0.912. The molecular weight excluding hydrogens is 446 g/mol. The summed E-state index contributed by atoms with van der Waals surface area (Å²) in [6.45, 7) is 2.47. The van der Waals surface area contributed by atoms with Crippen LogP contribution in [0.2, 0.25) is 0 Å². The van der Waals surface area contributed by atoms with E-state index in [0.29, 0.717) is 28.1 Å². The Morgan fingerprint density at radius 2 is 2.03 bits per heavy atom. The van der Waals surface area contributed by atoms with Crippen LogP contribution in [0.5, 0.6) is 23.0 Å². The molecule has 2 aromatic rings. The highest BCUT2D eigenvalue weighted by atomic mass is 79.9. The number of carbonyl (C=O) groups excluding carboxylic acids is 2. The average Bonchev–Trinajstić information content (AvgIpc) is 3.17. The van der Waals surface area contributed by atoms with Crippen LogP contribution in [0.1, 0.15) is 18.1 Å². The van der Waals surface area contributed by atoms with Gasteiger partial charge in [-0.2, -0.15) is 5.10 Å². The Hall–Kier alpha value is -3.27. The molecule has 0 bridgehead atoms. The Bertz CT molecular complexity index is 963. The van der Waals surface area contributed by atoms with Crippen LogP contribution in [-0.2, 0) is 16.1 Å². The lowest BCUT2D eigenvalue weighted by molar-refractivity contribution is -0.139. The maximum Gasteiger partial charge on any atom is 0.329 e. The largest absolute Gasteiger partial charge is 0.503 e. The number of hydrogen-bond donors (Lipinski definition) is 3. The lowest BCUT2D eigenvalue weighted by atomic mass is 10.2. The second kappa shape index (κ2) is 9.28. The molecule has 2 amide bonds. The van der Waals surface area contributed by atoms with Crippen LogP contribution < -0.4 is 25.0 Å². The summed E-state index contributed by atoms with van der Waals surface area (Å²) in [4.78, 5) is 23.8. The second-order valence-corrected chi connectivity index (χ2v) is 6.71. The van der Waals surface area contributed by atoms with Crippen molar-refractivity contribution in [2.75, 3.05) is 13.4 Å². The molecule has 2 aromatic carbocycles. The second-order valence-electron chi connectivity index (χ2n) is 5.85. The molecule has 152 valence electrons. The number of carbonyl (C=O) groups is 2. The first-order valence-corrected chi connectivity index (χ1v) is 9.42. The van der Waals surface area contributed by atoms with Gasteiger partial charge in [-0.25, -0.2) is 5.43 Å². The van der Waals surface area contributed by atoms with E-state index >= 15 is 0 Å². The molecule has 0 saturated heterocycles. The zero-order valence-electron chi connectivity index (χ0n) is 15.4. The van der Waals surface area contributed by atoms with Crippen molar-refractivity contribution in [1.82, 2.24) is 10.7 Å². The minimum absolute atomic E-state index is 0.0315. The van der Waals surface area contributed by atoms with Gasteiger partial charge in [-0.3, -0.25) is 9.59 Å². The monoisotopic (exact) mass is 463 g/mol. The number of aromatic hydroxyl groups is 1. The molecule has 1 aliphatic rings. The van der Waals surface area contributed by atoms with Gasteiger partial charge in [0.2, 0.25) is 6.79 Å². The standard InChI is InChI=1S/C19H18BrN3O6/c1-2-27-16-7-12(5-13(20)17(16)24)9-22-23-19(26)18(25)21-8-11-3-4-14-15(6-11)29-10-28-14/h3-7,9,24H,2,8,10H2,1H3,(H,21,25)(H,23,26)/b22-9-. The van der Waals surface area contributed by atoms with Crippen LogP contribution in [0.25, 0.3) is 0 Å². The number of rotatable bonds is 6. The first kappa shape index (κ1) is 20.5. The van der Waals surface area contributed by atoms with Crippen LogP contribution in [0.15, 0.2) is 39.9 Å². The first-order chi connectivity index (χ1) is 14.0. The quantitative estimate of drug-likeness (QED) is 0.342. The zero-order chi connectivity index (χ0) is 20.8. The molecule has 0 unspecified atom stereocenters. The van der Waals surface area contributed by atoms with Gasteiger partial charge in [0.15, 0.2) is 23.0 Å². The number of hydrazone groups is 1. The van der Waals surface area contributed by atoms with Gasteiger partial charge in [-0.05, 0) is 58.2 Å². The number of phenolic OH excluding ortho intramolecular Hbond substituents is 1. The fraction of sp³-hybridized carbons (Fsp3) is 0.211. The normalized spacial score (nSPS) is 12.1. The average molecular weight is 464 g/mol. The highest BCUT2D eigenvalue weighted by Crippen LogP contribution is 2.35. The van der Waals surface area contributed by atoms with Crippen molar-refractivity contribution in [3.05, 3.63) is 45.9 Å². The van der Waals surface area contributed by atoms with E-state index in [9.17, 15) is 14.7 Å². The molecule has 0 aromatic heterocycles. The van der Waals surface area contributed by atoms with E-state index in [1.165, 1.54) is 6.21 Å². The molecule has 3 rings (SSSR count). The van der Waals surface area contributed by atoms with Crippen molar-refractivity contribution in [1.29, 1.82) is 0 Å². The van der Waals surface area contributed by atoms with Crippen LogP contribution in [0.4, 0.5) is 0 Å². The van der Waals surface area contributed by atoms with E-state index < -0.39 is 11.8 Å². The van der Waals surface area contributed by atoms with Gasteiger partial charge >= 0.3 is 11.8 Å². The summed E-state index contributed by atoms with van der Waals surface area (Å²) in [5.41, 5.74) is 3.46. The van der Waals surface area contributed by atoms with Gasteiger partial charge in [0, 0.05) is 6.54 Å². The number of halogens is 1. The fourth-order valence-corrected chi connectivity index (χ4v) is 2.92. The number of phenols is 1. The molecule has 9 nitrogen and oxygen atoms in total. The first-order valence-electron chi connectivity index (χ1n) is 8.63. The van der Waals surface area contributed by atoms with E-state index in [0.717, 1.165) is 5.56 Å². The SMILES string of the molecule is CCOc1cc(/C=N\NC(=O)C(=O)NCc2ccc3c(c2)OCO3)cc(Br)c1O. The third-order valence-electron chi connectivity index (χ3n) is 3.83. The summed E-state index contributed by atoms with van der Waals surface area (Å²) < 4.78 is 16.2. The van der Waals surface area contributed by atoms with Gasteiger partial charge in [-0.1, -0.05) is 6.07 Å². The smallest absolute Gasteiger partial charge is 0.329 e. The topological polar surface area (TPSA) is 118 Å². The number of benzene rings is 2. The molecule has 0 saturated carbocycles. The lowest BCUT2D eigenvalue weighted by Crippen LogP contribution is -2.37. The molecule has 1 heterocycles. The Labute approximate surface area is 174 Å². The molecule has 0 fully saturated rings. The van der Waals surface area contributed by atoms with Crippen LogP contribution in [-0.4, -0.2) is 36.5 Å². The third kappa shape index (κ3) is 5.17. The molecule has 0 radical (unpaired) electrons. The summed E-state index contributed by atoms with van der Waals surface area (Å²) in [7, 11) is 0. The Morgan fingerprint density at radius 3 is 2.83 bits per heavy atom. The molecule has 3 N–H and O–H groups in total. The van der Waals surface area contributed by atoms with Gasteiger partial charge in [0.1, 0.15) is 0 Å². The number of hydrogen-bond acceptors (Lipinski definition) is 7. The van der Waals surface area contributed by atoms with Gasteiger partial charge in [0.25, 0.3) is 0 Å². The van der Waals surface area contributed by atoms with E-state index in [1.54, 1.807) is 37.3 Å². The van der Waals surface area contributed by atoms with Gasteiger partial charge in [-0.15, -0.1) is 0 Å². The molecule has 0 atom stereocenters. The number of fused-ring (bicyclic) bond motifs is 1. The predicted octanol–water partition coefficient (Wildman–Crippen LogP) is 2.05. The summed E-state index contributed by atoms with van der Waals surface area (Å²) in [6.07, 6.45) is 1.33. The van der Waals surface area contributed by atoms with E-state index in [4.69, 9.17) is 14.2 Å². The molecule has 0 spiro atoms. The lowest BCUT2D eigenvalue weighted by Gasteiger charge is -2.08. The van der Waals surface area contributed by atoms with E-state index in [1.807, 2.05) is 0 Å². The Kier molecular flexibility index (Phi) is 6.55. The number of ether oxygens (including phenoxy) is 3. The summed E-state index contributed by atoms with van der Waals surface area (Å²) in [5.74, 6) is -0.267. The summed E-state index contributed by atoms with van der Waals surface area (Å²) in [6, 6.07) is 8.38. The fourth-order valence-electron chi connectivity index (χ4n) is 2.46. The number of nitrogens with one attached hydrogen (secondary N) is 2. The van der Waals surface area contributed by atoms with Crippen molar-refractivity contribution in [2.45, 2.75) is 13.5 Å². The van der Waals surface area contributed by atoms with Crippen molar-refractivity contribution in [2.24, 2.45) is 5.10 Å². The van der Waals surface area contributed by atoms with Crippen molar-refractivity contribution >= 4 is 34.0 Å². The van der Waals surface area contributed by atoms with Crippen molar-refractivity contribution in [3.8, 4) is 23.0 Å². The van der Waals surface area contributed by atoms with Crippen molar-refractivity contribution < 1.29 is 28.9 Å². The van der Waals surface area contributed by atoms with Gasteiger partial charge in [0.05, 0.1) is 17.3 Å². The summed E-state index contributed by atoms with van der Waals surface area (Å²) in [5, 5.41) is 16.1. The minimum Gasteiger partial charge on any atom is -0.503 e. The summed E-state index contributed by atoms with van der Waals surface area (Å²) >= 11 is 3.21. The highest BCUT2D eigenvalue weighted by molar-refractivity contribution is 9.10. The van der Waals surface area contributed by atoms with Crippen LogP contribution >= 0.6 is 15.9 Å². The molecule has 0 aliphatic carbocycles. The molecular formula is C19H18BrN3O6.